The van der Waals surface area contributed by atoms with Gasteiger partial charge in [-0.1, -0.05) is 0 Å². The average molecular weight is 413 g/mol. The molecule has 142 valence electrons. The number of hydrogen-bond donors (Lipinski definition) is 3. The van der Waals surface area contributed by atoms with E-state index in [0.717, 1.165) is 16.2 Å². The number of nitrogens with one attached hydrogen (secondary N) is 2. The van der Waals surface area contributed by atoms with Gasteiger partial charge in [0.05, 0.1) is 28.0 Å². The van der Waals surface area contributed by atoms with E-state index in [-0.39, 0.29) is 17.8 Å². The number of aromatic amines is 1. The van der Waals surface area contributed by atoms with Gasteiger partial charge in [0.1, 0.15) is 11.9 Å². The number of halogens is 3. The van der Waals surface area contributed by atoms with E-state index in [0.29, 0.717) is 15.8 Å². The Bertz CT molecular complexity index is 1050. The van der Waals surface area contributed by atoms with Crippen LogP contribution in [0, 0.1) is 5.82 Å². The smallest absolute Gasteiger partial charge is 0.292 e. The number of pyridine rings is 1. The van der Waals surface area contributed by atoms with Crippen LogP contribution in [-0.4, -0.2) is 35.2 Å². The summed E-state index contributed by atoms with van der Waals surface area (Å²) in [6.07, 6.45) is -0.226. The number of aromatic nitrogens is 1. The summed E-state index contributed by atoms with van der Waals surface area (Å²) >= 11 is 2.38. The third kappa shape index (κ3) is 3.52. The lowest BCUT2D eigenvalue weighted by Gasteiger charge is -2.14. The minimum Gasteiger partial charge on any atom is -0.385 e. The van der Waals surface area contributed by atoms with Crippen LogP contribution < -0.4 is 15.2 Å². The van der Waals surface area contributed by atoms with Crippen LogP contribution in [0.5, 0.6) is 0 Å². The summed E-state index contributed by atoms with van der Waals surface area (Å²) in [6, 6.07) is 7.74. The molecule has 5 nitrogen and oxygen atoms in total. The van der Waals surface area contributed by atoms with Gasteiger partial charge >= 0.3 is 0 Å². The fraction of sp³-hybridized carbons (Fsp3) is 0.235. The van der Waals surface area contributed by atoms with Crippen LogP contribution in [0.15, 0.2) is 45.5 Å². The molecule has 3 aromatic rings. The number of hydrogen-bond acceptors (Lipinski definition) is 6. The lowest BCUT2D eigenvalue weighted by molar-refractivity contribution is -0.0711. The zero-order valence-corrected chi connectivity index (χ0v) is 15.3. The Labute approximate surface area is 160 Å². The monoisotopic (exact) mass is 413 g/mol. The fourth-order valence-corrected chi connectivity index (χ4v) is 4.66. The second-order valence-electron chi connectivity index (χ2n) is 6.18. The minimum atomic E-state index is -3.13. The molecule has 1 aliphatic rings. The predicted octanol–water partition coefficient (Wildman–Crippen LogP) is 3.66. The molecule has 3 N–H and O–H groups in total. The van der Waals surface area contributed by atoms with Crippen molar-refractivity contribution in [2.75, 3.05) is 22.7 Å². The summed E-state index contributed by atoms with van der Waals surface area (Å²) in [5, 5.41) is 10.9. The van der Waals surface area contributed by atoms with Crippen molar-refractivity contribution in [3.8, 4) is 0 Å². The maximum atomic E-state index is 14.2. The molecule has 1 aliphatic heterocycles. The maximum Gasteiger partial charge on any atom is 0.292 e. The summed E-state index contributed by atoms with van der Waals surface area (Å²) in [5.41, 5.74) is -0.158. The van der Waals surface area contributed by atoms with Crippen LogP contribution >= 0.6 is 23.3 Å². The van der Waals surface area contributed by atoms with Gasteiger partial charge in [-0.2, -0.15) is 0 Å². The SMILES string of the molecule is O=c1[nH]ccc2cc(F)c(NSc3ccc(N4CC(O)C(F)(F)C4)s3)cc12. The molecule has 0 saturated carbocycles. The van der Waals surface area contributed by atoms with Crippen molar-refractivity contribution >= 4 is 44.7 Å². The number of fused-ring (bicyclic) bond motifs is 1. The number of benzene rings is 1. The van der Waals surface area contributed by atoms with Crippen molar-refractivity contribution in [1.82, 2.24) is 4.98 Å². The van der Waals surface area contributed by atoms with Crippen LogP contribution in [0.2, 0.25) is 0 Å². The van der Waals surface area contributed by atoms with Gasteiger partial charge in [-0.3, -0.25) is 4.79 Å². The van der Waals surface area contributed by atoms with Gasteiger partial charge in [-0.05, 0) is 47.7 Å². The summed E-state index contributed by atoms with van der Waals surface area (Å²) in [5.74, 6) is -3.63. The second kappa shape index (κ2) is 6.77. The molecule has 10 heteroatoms. The predicted molar refractivity (Wildman–Crippen MR) is 101 cm³/mol. The van der Waals surface area contributed by atoms with Gasteiger partial charge in [0.25, 0.3) is 11.5 Å². The molecular weight excluding hydrogens is 399 g/mol. The zero-order chi connectivity index (χ0) is 19.2. The first kappa shape index (κ1) is 18.2. The Morgan fingerprint density at radius 2 is 2.15 bits per heavy atom. The second-order valence-corrected chi connectivity index (χ2v) is 8.35. The number of anilines is 2. The number of nitrogens with zero attached hydrogens (tertiary/aromatic N) is 1. The summed E-state index contributed by atoms with van der Waals surface area (Å²) in [7, 11) is 0. The third-order valence-electron chi connectivity index (χ3n) is 4.28. The quantitative estimate of drug-likeness (QED) is 0.570. The Kier molecular flexibility index (Phi) is 4.57. The summed E-state index contributed by atoms with van der Waals surface area (Å²) in [4.78, 5) is 15.8. The molecule has 1 fully saturated rings. The first-order chi connectivity index (χ1) is 12.8. The van der Waals surface area contributed by atoms with Crippen molar-refractivity contribution < 1.29 is 18.3 Å². The van der Waals surface area contributed by atoms with E-state index < -0.39 is 24.4 Å². The lowest BCUT2D eigenvalue weighted by Crippen LogP contribution is -2.31. The molecule has 0 aliphatic carbocycles. The minimum absolute atomic E-state index is 0.132. The standard InChI is InChI=1S/C17H14F3N3O2S2/c18-11-5-9-3-4-21-16(25)10(9)6-12(11)22-27-15-2-1-14(26-15)23-7-13(24)17(19,20)8-23/h1-6,13,22,24H,7-8H2,(H,21,25). The number of rotatable bonds is 4. The van der Waals surface area contributed by atoms with Crippen LogP contribution in [0.25, 0.3) is 10.8 Å². The van der Waals surface area contributed by atoms with Crippen LogP contribution in [0.1, 0.15) is 0 Å². The van der Waals surface area contributed by atoms with Gasteiger partial charge in [-0.15, -0.1) is 11.3 Å². The molecule has 4 rings (SSSR count). The van der Waals surface area contributed by atoms with E-state index in [2.05, 4.69) is 9.71 Å². The highest BCUT2D eigenvalue weighted by atomic mass is 32.2. The lowest BCUT2D eigenvalue weighted by atomic mass is 10.1. The first-order valence-electron chi connectivity index (χ1n) is 7.98. The Morgan fingerprint density at radius 3 is 2.89 bits per heavy atom. The van der Waals surface area contributed by atoms with E-state index in [1.165, 1.54) is 34.6 Å². The first-order valence-corrected chi connectivity index (χ1v) is 9.61. The van der Waals surface area contributed by atoms with E-state index in [9.17, 15) is 23.1 Å². The zero-order valence-electron chi connectivity index (χ0n) is 13.7. The van der Waals surface area contributed by atoms with Crippen molar-refractivity contribution in [2.24, 2.45) is 0 Å². The molecule has 0 bridgehead atoms. The highest BCUT2D eigenvalue weighted by Crippen LogP contribution is 2.38. The molecule has 2 aromatic heterocycles. The molecule has 0 spiro atoms. The number of alkyl halides is 2. The number of β-amino-alcohol motifs (C(OH)–C–C–N with tert-alkyl or cyclic N) is 1. The van der Waals surface area contributed by atoms with Crippen molar-refractivity contribution in [1.29, 1.82) is 0 Å². The molecule has 0 amide bonds. The molecule has 3 heterocycles. The third-order valence-corrected chi connectivity index (χ3v) is 6.38. The Balaban J connectivity index is 1.49. The van der Waals surface area contributed by atoms with Crippen molar-refractivity contribution in [3.63, 3.8) is 0 Å². The number of H-pyrrole nitrogens is 1. The highest BCUT2D eigenvalue weighted by Gasteiger charge is 2.47. The average Bonchev–Trinajstić information content (AvgIpc) is 3.18. The van der Waals surface area contributed by atoms with Crippen molar-refractivity contribution in [2.45, 2.75) is 16.2 Å². The van der Waals surface area contributed by atoms with Crippen LogP contribution in [-0.2, 0) is 0 Å². The van der Waals surface area contributed by atoms with E-state index in [4.69, 9.17) is 0 Å². The Morgan fingerprint density at radius 1 is 1.33 bits per heavy atom. The number of aliphatic hydroxyl groups excluding tert-OH is 1. The normalized spacial score (nSPS) is 19.0. The highest BCUT2D eigenvalue weighted by molar-refractivity contribution is 8.02. The molecule has 1 aromatic carbocycles. The fourth-order valence-electron chi connectivity index (χ4n) is 2.86. The van der Waals surface area contributed by atoms with Gasteiger partial charge in [0, 0.05) is 11.6 Å². The van der Waals surface area contributed by atoms with E-state index >= 15 is 0 Å². The van der Waals surface area contributed by atoms with Gasteiger partial charge in [0.15, 0.2) is 0 Å². The van der Waals surface area contributed by atoms with Crippen LogP contribution in [0.4, 0.5) is 23.9 Å². The van der Waals surface area contributed by atoms with E-state index in [1.807, 2.05) is 0 Å². The van der Waals surface area contributed by atoms with Crippen LogP contribution in [0.3, 0.4) is 0 Å². The molecule has 1 atom stereocenters. The largest absolute Gasteiger partial charge is 0.385 e. The summed E-state index contributed by atoms with van der Waals surface area (Å²) < 4.78 is 44.8. The van der Waals surface area contributed by atoms with Gasteiger partial charge < -0.3 is 19.7 Å². The van der Waals surface area contributed by atoms with Gasteiger partial charge in [0.2, 0.25) is 0 Å². The van der Waals surface area contributed by atoms with E-state index in [1.54, 1.807) is 18.2 Å². The van der Waals surface area contributed by atoms with Gasteiger partial charge in [-0.25, -0.2) is 13.2 Å². The molecular formula is C17H14F3N3O2S2. The maximum absolute atomic E-state index is 14.2. The molecule has 1 saturated heterocycles. The number of thiophene rings is 1. The number of aliphatic hydroxyl groups is 1. The molecule has 27 heavy (non-hydrogen) atoms. The Hall–Kier alpha value is -2.17. The summed E-state index contributed by atoms with van der Waals surface area (Å²) in [6.45, 7) is -0.665. The topological polar surface area (TPSA) is 68.4 Å². The molecule has 1 unspecified atom stereocenters. The molecule has 0 radical (unpaired) electrons. The van der Waals surface area contributed by atoms with Crippen molar-refractivity contribution in [3.05, 3.63) is 52.7 Å².